The van der Waals surface area contributed by atoms with E-state index in [-0.39, 0.29) is 18.9 Å². The molecular formula is C20H25F3N2O2S. The van der Waals surface area contributed by atoms with Crippen molar-refractivity contribution < 1.29 is 22.8 Å². The zero-order valence-electron chi connectivity index (χ0n) is 15.9. The van der Waals surface area contributed by atoms with Gasteiger partial charge in [0.2, 0.25) is 11.8 Å². The van der Waals surface area contributed by atoms with Crippen LogP contribution in [-0.4, -0.2) is 29.3 Å². The highest BCUT2D eigenvalue weighted by atomic mass is 32.2. The molecule has 2 amide bonds. The van der Waals surface area contributed by atoms with E-state index < -0.39 is 30.0 Å². The second-order valence-electron chi connectivity index (χ2n) is 7.60. The summed E-state index contributed by atoms with van der Waals surface area (Å²) in [7, 11) is 0. The van der Waals surface area contributed by atoms with Crippen LogP contribution in [0.15, 0.2) is 23.1 Å². The Morgan fingerprint density at radius 2 is 2.07 bits per heavy atom. The molecule has 0 aromatic heterocycles. The first-order chi connectivity index (χ1) is 13.2. The molecule has 8 heteroatoms. The van der Waals surface area contributed by atoms with Crippen molar-refractivity contribution in [1.82, 2.24) is 10.6 Å². The molecule has 28 heavy (non-hydrogen) atoms. The van der Waals surface area contributed by atoms with E-state index in [9.17, 15) is 22.8 Å². The van der Waals surface area contributed by atoms with Crippen LogP contribution >= 0.6 is 11.8 Å². The van der Waals surface area contributed by atoms with Gasteiger partial charge >= 0.3 is 6.18 Å². The fourth-order valence-electron chi connectivity index (χ4n) is 3.86. The summed E-state index contributed by atoms with van der Waals surface area (Å²) >= 11 is 1.81. The Morgan fingerprint density at radius 1 is 1.32 bits per heavy atom. The van der Waals surface area contributed by atoms with Crippen molar-refractivity contribution in [3.8, 4) is 0 Å². The number of nitrogens with one attached hydrogen (secondary N) is 2. The van der Waals surface area contributed by atoms with E-state index in [0.717, 1.165) is 35.3 Å². The van der Waals surface area contributed by atoms with Gasteiger partial charge in [-0.05, 0) is 49.8 Å². The van der Waals surface area contributed by atoms with E-state index in [1.165, 1.54) is 0 Å². The largest absolute Gasteiger partial charge is 0.408 e. The first kappa shape index (κ1) is 21.0. The van der Waals surface area contributed by atoms with Gasteiger partial charge in [0.05, 0.1) is 6.04 Å². The maximum Gasteiger partial charge on any atom is 0.408 e. The molecule has 2 N–H and O–H groups in total. The normalized spacial score (nSPS) is 27.7. The summed E-state index contributed by atoms with van der Waals surface area (Å²) in [5.74, 6) is -2.41. The van der Waals surface area contributed by atoms with Gasteiger partial charge in [-0.1, -0.05) is 25.5 Å². The molecule has 1 aromatic carbocycles. The van der Waals surface area contributed by atoms with Gasteiger partial charge in [0.15, 0.2) is 0 Å². The van der Waals surface area contributed by atoms with Gasteiger partial charge in [-0.15, -0.1) is 11.8 Å². The van der Waals surface area contributed by atoms with E-state index in [1.807, 2.05) is 36.1 Å². The second-order valence-corrected chi connectivity index (χ2v) is 8.94. The van der Waals surface area contributed by atoms with Crippen LogP contribution in [0.4, 0.5) is 13.2 Å². The van der Waals surface area contributed by atoms with Gasteiger partial charge in [-0.25, -0.2) is 0 Å². The number of hydrogen-bond donors (Lipinski definition) is 2. The third-order valence-corrected chi connectivity index (χ3v) is 6.72. The van der Waals surface area contributed by atoms with Crippen molar-refractivity contribution in [2.24, 2.45) is 5.92 Å². The summed E-state index contributed by atoms with van der Waals surface area (Å²) in [6.07, 6.45) is -2.06. The number of aryl methyl sites for hydroxylation is 1. The quantitative estimate of drug-likeness (QED) is 0.724. The van der Waals surface area contributed by atoms with Crippen molar-refractivity contribution in [2.45, 2.75) is 74.4 Å². The van der Waals surface area contributed by atoms with E-state index >= 15 is 0 Å². The van der Waals surface area contributed by atoms with Gasteiger partial charge in [0.1, 0.15) is 12.0 Å². The van der Waals surface area contributed by atoms with E-state index in [4.69, 9.17) is 0 Å². The van der Waals surface area contributed by atoms with Crippen molar-refractivity contribution in [3.63, 3.8) is 0 Å². The topological polar surface area (TPSA) is 58.2 Å². The lowest BCUT2D eigenvalue weighted by Gasteiger charge is -2.34. The molecule has 1 fully saturated rings. The highest BCUT2D eigenvalue weighted by Gasteiger charge is 2.46. The Kier molecular flexibility index (Phi) is 6.27. The van der Waals surface area contributed by atoms with Gasteiger partial charge < -0.3 is 10.6 Å². The zero-order chi connectivity index (χ0) is 20.5. The molecule has 0 aliphatic carbocycles. The van der Waals surface area contributed by atoms with Crippen molar-refractivity contribution >= 4 is 23.6 Å². The van der Waals surface area contributed by atoms with Crippen molar-refractivity contribution in [1.29, 1.82) is 0 Å². The first-order valence-corrected chi connectivity index (χ1v) is 10.5. The number of amides is 2. The Bertz CT molecular complexity index is 753. The van der Waals surface area contributed by atoms with Crippen LogP contribution in [0.2, 0.25) is 0 Å². The number of fused-ring (bicyclic) bond motifs is 1. The minimum absolute atomic E-state index is 0.0948. The predicted octanol–water partition coefficient (Wildman–Crippen LogP) is 4.27. The number of alkyl halides is 3. The Balaban J connectivity index is 1.72. The molecule has 3 rings (SSSR count). The predicted molar refractivity (Wildman–Crippen MR) is 102 cm³/mol. The number of carbonyl (C=O) groups excluding carboxylic acids is 2. The number of hydrogen-bond acceptors (Lipinski definition) is 3. The molecule has 154 valence electrons. The van der Waals surface area contributed by atoms with Gasteiger partial charge in [-0.3, -0.25) is 9.59 Å². The number of rotatable bonds is 4. The molecule has 4 unspecified atom stereocenters. The maximum atomic E-state index is 12.8. The lowest BCUT2D eigenvalue weighted by Crippen LogP contribution is -2.54. The van der Waals surface area contributed by atoms with Crippen LogP contribution < -0.4 is 10.6 Å². The average Bonchev–Trinajstić information content (AvgIpc) is 2.60. The fourth-order valence-corrected chi connectivity index (χ4v) is 5.46. The molecule has 4 atom stereocenters. The summed E-state index contributed by atoms with van der Waals surface area (Å²) in [6, 6.07) is 3.98. The lowest BCUT2D eigenvalue weighted by atomic mass is 9.91. The lowest BCUT2D eigenvalue weighted by molar-refractivity contribution is -0.171. The number of piperidine rings is 1. The number of benzene rings is 1. The summed E-state index contributed by atoms with van der Waals surface area (Å²) in [4.78, 5) is 26.0. The third-order valence-electron chi connectivity index (χ3n) is 5.35. The van der Waals surface area contributed by atoms with Gasteiger partial charge in [0.25, 0.3) is 0 Å². The van der Waals surface area contributed by atoms with Crippen molar-refractivity contribution in [3.05, 3.63) is 29.3 Å². The molecule has 2 aliphatic heterocycles. The maximum absolute atomic E-state index is 12.8. The van der Waals surface area contributed by atoms with Crippen molar-refractivity contribution in [2.75, 3.05) is 0 Å². The Morgan fingerprint density at radius 3 is 2.71 bits per heavy atom. The Hall–Kier alpha value is -1.70. The molecular weight excluding hydrogens is 389 g/mol. The molecule has 2 aliphatic rings. The Labute approximate surface area is 167 Å². The zero-order valence-corrected chi connectivity index (χ0v) is 16.8. The highest BCUT2D eigenvalue weighted by Crippen LogP contribution is 2.43. The van der Waals surface area contributed by atoms with Crippen LogP contribution in [0, 0.1) is 12.8 Å². The highest BCUT2D eigenvalue weighted by molar-refractivity contribution is 8.00. The van der Waals surface area contributed by atoms with Crippen LogP contribution in [0.3, 0.4) is 0 Å². The van der Waals surface area contributed by atoms with Gasteiger partial charge in [0, 0.05) is 10.1 Å². The first-order valence-electron chi connectivity index (χ1n) is 9.63. The molecule has 0 spiro atoms. The number of carbonyl (C=O) groups is 2. The van der Waals surface area contributed by atoms with E-state index in [1.54, 1.807) is 0 Å². The van der Waals surface area contributed by atoms with Crippen LogP contribution in [0.5, 0.6) is 0 Å². The van der Waals surface area contributed by atoms with E-state index in [0.29, 0.717) is 5.25 Å². The van der Waals surface area contributed by atoms with Crippen LogP contribution in [0.1, 0.15) is 56.2 Å². The van der Waals surface area contributed by atoms with Gasteiger partial charge in [-0.2, -0.15) is 13.2 Å². The minimum Gasteiger partial charge on any atom is -0.349 e. The molecule has 1 saturated heterocycles. The second kappa shape index (κ2) is 8.35. The SMILES string of the molecule is CCCC1CC(NC(=O)C2CCC(C(F)(F)F)NC2=O)c2ccc(C)cc2S1. The number of thioether (sulfide) groups is 1. The average molecular weight is 414 g/mol. The van der Waals surface area contributed by atoms with Crippen LogP contribution in [-0.2, 0) is 9.59 Å². The molecule has 0 bridgehead atoms. The summed E-state index contributed by atoms with van der Waals surface area (Å²) in [6.45, 7) is 4.13. The fraction of sp³-hybridized carbons (Fsp3) is 0.600. The summed E-state index contributed by atoms with van der Waals surface area (Å²) < 4.78 is 38.4. The van der Waals surface area contributed by atoms with Crippen LogP contribution in [0.25, 0.3) is 0 Å². The standard InChI is InChI=1S/C20H25F3N2O2S/c1-3-4-12-10-15(13-6-5-11(2)9-16(13)28-12)24-18(26)14-7-8-17(20(21,22)23)25-19(14)27/h5-6,9,12,14-15,17H,3-4,7-8,10H2,1-2H3,(H,24,26)(H,25,27). The third kappa shape index (κ3) is 4.64. The number of halogens is 3. The monoisotopic (exact) mass is 414 g/mol. The smallest absolute Gasteiger partial charge is 0.349 e. The summed E-state index contributed by atoms with van der Waals surface area (Å²) in [5.41, 5.74) is 2.15. The molecule has 2 heterocycles. The molecule has 4 nitrogen and oxygen atoms in total. The molecule has 0 radical (unpaired) electrons. The summed E-state index contributed by atoms with van der Waals surface area (Å²) in [5, 5.41) is 5.25. The minimum atomic E-state index is -4.48. The molecule has 1 aromatic rings. The van der Waals surface area contributed by atoms with E-state index in [2.05, 4.69) is 18.3 Å². The molecule has 0 saturated carbocycles.